The molecule has 196 valence electrons. The van der Waals surface area contributed by atoms with E-state index in [1.807, 2.05) is 24.3 Å². The molecule has 3 aliphatic heterocycles. The van der Waals surface area contributed by atoms with Gasteiger partial charge in [-0.1, -0.05) is 36.9 Å². The van der Waals surface area contributed by atoms with E-state index in [-0.39, 0.29) is 17.1 Å². The Bertz CT molecular complexity index is 1310. The fraction of sp³-hybridized carbons (Fsp3) is 0.429. The summed E-state index contributed by atoms with van der Waals surface area (Å²) in [5, 5.41) is 2.55. The summed E-state index contributed by atoms with van der Waals surface area (Å²) in [7, 11) is -2.96. The van der Waals surface area contributed by atoms with E-state index < -0.39 is 15.9 Å². The Balaban J connectivity index is 1.18. The van der Waals surface area contributed by atoms with Crippen LogP contribution in [0.1, 0.15) is 52.7 Å². The number of nitrogens with zero attached hydrogens (tertiary/aromatic N) is 2. The lowest BCUT2D eigenvalue weighted by atomic mass is 10.0. The highest BCUT2D eigenvalue weighted by Crippen LogP contribution is 2.34. The van der Waals surface area contributed by atoms with Crippen LogP contribution in [0.3, 0.4) is 0 Å². The van der Waals surface area contributed by atoms with E-state index in [1.165, 1.54) is 11.8 Å². The summed E-state index contributed by atoms with van der Waals surface area (Å²) in [6.45, 7) is 6.91. The van der Waals surface area contributed by atoms with Crippen molar-refractivity contribution < 1.29 is 22.7 Å². The fourth-order valence-electron chi connectivity index (χ4n) is 5.43. The number of ether oxygens (including phenoxy) is 1. The molecule has 1 atom stereocenters. The van der Waals surface area contributed by atoms with Crippen LogP contribution in [0.2, 0.25) is 0 Å². The first-order valence-corrected chi connectivity index (χ1v) is 14.7. The number of allylic oxidation sites excluding steroid dienone is 1. The first kappa shape index (κ1) is 25.5. The van der Waals surface area contributed by atoms with Crippen LogP contribution in [0.4, 0.5) is 0 Å². The second-order valence-corrected chi connectivity index (χ2v) is 12.6. The van der Waals surface area contributed by atoms with E-state index in [2.05, 4.69) is 28.9 Å². The minimum atomic E-state index is -2.96. The van der Waals surface area contributed by atoms with Gasteiger partial charge in [0, 0.05) is 29.6 Å². The number of sulfone groups is 1. The van der Waals surface area contributed by atoms with Gasteiger partial charge in [0.05, 0.1) is 11.8 Å². The van der Waals surface area contributed by atoms with Gasteiger partial charge in [-0.25, -0.2) is 8.42 Å². The van der Waals surface area contributed by atoms with Crippen LogP contribution >= 0.6 is 0 Å². The summed E-state index contributed by atoms with van der Waals surface area (Å²) in [5.41, 5.74) is 4.29. The number of piperidine rings is 2. The van der Waals surface area contributed by atoms with Gasteiger partial charge in [0.1, 0.15) is 28.2 Å². The number of carbonyl (C=O) groups is 2. The highest BCUT2D eigenvalue weighted by Gasteiger charge is 2.39. The molecule has 3 heterocycles. The number of hydrogen-bond donors (Lipinski definition) is 1. The summed E-state index contributed by atoms with van der Waals surface area (Å²) in [4.78, 5) is 29.4. The van der Waals surface area contributed by atoms with Crippen molar-refractivity contribution in [3.63, 3.8) is 0 Å². The first-order chi connectivity index (χ1) is 17.7. The van der Waals surface area contributed by atoms with Gasteiger partial charge in [0.2, 0.25) is 5.91 Å². The number of benzene rings is 2. The summed E-state index contributed by atoms with van der Waals surface area (Å²) in [5.74, 6) is 0.338. The zero-order valence-corrected chi connectivity index (χ0v) is 21.9. The van der Waals surface area contributed by atoms with Crippen LogP contribution in [0, 0.1) is 0 Å². The minimum absolute atomic E-state index is 0.141. The number of likely N-dealkylation sites (tertiary alicyclic amines) is 1. The molecule has 1 N–H and O–H groups in total. The first-order valence-electron chi connectivity index (χ1n) is 12.7. The Labute approximate surface area is 218 Å². The molecule has 0 bridgehead atoms. The second-order valence-electron chi connectivity index (χ2n) is 10.3. The third kappa shape index (κ3) is 5.57. The lowest BCUT2D eigenvalue weighted by molar-refractivity contribution is -0.126. The number of amides is 2. The molecule has 3 aliphatic rings. The monoisotopic (exact) mass is 523 g/mol. The van der Waals surface area contributed by atoms with Crippen LogP contribution in [0.5, 0.6) is 5.75 Å². The molecule has 0 saturated carbocycles. The topological polar surface area (TPSA) is 96.0 Å². The molecule has 1 unspecified atom stereocenters. The third-order valence-corrected chi connectivity index (χ3v) is 9.30. The molecule has 0 spiro atoms. The molecule has 2 aromatic carbocycles. The number of hydrogen-bond acceptors (Lipinski definition) is 6. The van der Waals surface area contributed by atoms with E-state index in [1.54, 1.807) is 11.0 Å². The molecule has 2 fully saturated rings. The largest absolute Gasteiger partial charge is 0.489 e. The summed E-state index contributed by atoms with van der Waals surface area (Å²) in [6.07, 6.45) is 3.94. The Hall–Kier alpha value is -3.17. The zero-order valence-electron chi connectivity index (χ0n) is 21.1. The maximum Gasteiger partial charge on any atom is 0.255 e. The molecule has 37 heavy (non-hydrogen) atoms. The van der Waals surface area contributed by atoms with E-state index in [0.29, 0.717) is 55.8 Å². The van der Waals surface area contributed by atoms with Gasteiger partial charge in [-0.15, -0.1) is 0 Å². The lowest BCUT2D eigenvalue weighted by Gasteiger charge is -2.31. The van der Waals surface area contributed by atoms with Gasteiger partial charge < -0.3 is 15.0 Å². The van der Waals surface area contributed by atoms with Crippen molar-refractivity contribution in [2.45, 2.75) is 56.7 Å². The third-order valence-electron chi connectivity index (χ3n) is 7.61. The SMILES string of the molecule is C=C1CCC(N2Cc3c(OCc4ccc(CN5CCC(S(C)(=O)=O)CC5)cc4)cccc3C2=O)C(=O)N1. The van der Waals surface area contributed by atoms with E-state index in [4.69, 9.17) is 4.74 Å². The van der Waals surface area contributed by atoms with Crippen LogP contribution in [0.15, 0.2) is 54.7 Å². The van der Waals surface area contributed by atoms with Crippen LogP contribution in [-0.2, 0) is 34.3 Å². The van der Waals surface area contributed by atoms with Crippen molar-refractivity contribution in [1.29, 1.82) is 0 Å². The molecule has 8 nitrogen and oxygen atoms in total. The van der Waals surface area contributed by atoms with E-state index in [0.717, 1.165) is 30.8 Å². The molecule has 5 rings (SSSR count). The summed E-state index contributed by atoms with van der Waals surface area (Å²) < 4.78 is 29.7. The van der Waals surface area contributed by atoms with Crippen molar-refractivity contribution in [2.75, 3.05) is 19.3 Å². The van der Waals surface area contributed by atoms with Crippen LogP contribution in [0.25, 0.3) is 0 Å². The number of carbonyl (C=O) groups excluding carboxylic acids is 2. The second kappa shape index (κ2) is 10.3. The summed E-state index contributed by atoms with van der Waals surface area (Å²) in [6, 6.07) is 13.2. The fourth-order valence-corrected chi connectivity index (χ4v) is 6.50. The minimum Gasteiger partial charge on any atom is -0.489 e. The molecule has 0 aromatic heterocycles. The van der Waals surface area contributed by atoms with Gasteiger partial charge in [-0.05, 0) is 62.0 Å². The van der Waals surface area contributed by atoms with Crippen molar-refractivity contribution in [1.82, 2.24) is 15.1 Å². The van der Waals surface area contributed by atoms with Crippen LogP contribution < -0.4 is 10.1 Å². The Morgan fingerprint density at radius 3 is 2.41 bits per heavy atom. The molecular formula is C28H33N3O5S. The van der Waals surface area contributed by atoms with Crippen LogP contribution in [-0.4, -0.2) is 60.7 Å². The number of nitrogens with one attached hydrogen (secondary N) is 1. The van der Waals surface area contributed by atoms with Crippen molar-refractivity contribution >= 4 is 21.7 Å². The zero-order chi connectivity index (χ0) is 26.2. The molecule has 2 aromatic rings. The van der Waals surface area contributed by atoms with Gasteiger partial charge in [-0.2, -0.15) is 0 Å². The van der Waals surface area contributed by atoms with Gasteiger partial charge >= 0.3 is 0 Å². The van der Waals surface area contributed by atoms with Gasteiger partial charge in [0.15, 0.2) is 0 Å². The maximum atomic E-state index is 13.1. The molecule has 0 radical (unpaired) electrons. The van der Waals surface area contributed by atoms with E-state index >= 15 is 0 Å². The normalized spacial score (nSPS) is 21.2. The number of rotatable bonds is 7. The highest BCUT2D eigenvalue weighted by atomic mass is 32.2. The van der Waals surface area contributed by atoms with E-state index in [9.17, 15) is 18.0 Å². The molecule has 2 saturated heterocycles. The molecule has 9 heteroatoms. The standard InChI is InChI=1S/C28H33N3O5S/c1-19-6-11-25(27(32)29-19)31-17-24-23(28(31)33)4-3-5-26(24)36-18-21-9-7-20(8-10-21)16-30-14-12-22(13-15-30)37(2,34)35/h3-5,7-10,22,25H,1,6,11-18H2,2H3,(H,29,32). The molecule has 2 amide bonds. The molecule has 0 aliphatic carbocycles. The van der Waals surface area contributed by atoms with Crippen molar-refractivity contribution in [3.8, 4) is 5.75 Å². The van der Waals surface area contributed by atoms with Crippen molar-refractivity contribution in [3.05, 3.63) is 77.0 Å². The average molecular weight is 524 g/mol. The molecular weight excluding hydrogens is 490 g/mol. The Morgan fingerprint density at radius 1 is 1.03 bits per heavy atom. The summed E-state index contributed by atoms with van der Waals surface area (Å²) >= 11 is 0. The maximum absolute atomic E-state index is 13.1. The predicted molar refractivity (Wildman–Crippen MR) is 141 cm³/mol. The lowest BCUT2D eigenvalue weighted by Crippen LogP contribution is -2.49. The Morgan fingerprint density at radius 2 is 1.73 bits per heavy atom. The van der Waals surface area contributed by atoms with Crippen molar-refractivity contribution in [2.24, 2.45) is 0 Å². The quantitative estimate of drug-likeness (QED) is 0.600. The number of fused-ring (bicyclic) bond motifs is 1. The Kier molecular flexibility index (Phi) is 7.09. The highest BCUT2D eigenvalue weighted by molar-refractivity contribution is 7.91. The smallest absolute Gasteiger partial charge is 0.255 e. The average Bonchev–Trinajstić information content (AvgIpc) is 3.20. The van der Waals surface area contributed by atoms with Gasteiger partial charge in [-0.3, -0.25) is 14.5 Å². The predicted octanol–water partition coefficient (Wildman–Crippen LogP) is 3.02. The van der Waals surface area contributed by atoms with Gasteiger partial charge in [0.25, 0.3) is 5.91 Å².